The highest BCUT2D eigenvalue weighted by atomic mass is 19.4. The second-order valence-corrected chi connectivity index (χ2v) is 3.46. The molecule has 0 saturated carbocycles. The van der Waals surface area contributed by atoms with Crippen LogP contribution in [0.25, 0.3) is 0 Å². The molecule has 0 amide bonds. The van der Waals surface area contributed by atoms with Gasteiger partial charge in [0.05, 0.1) is 12.3 Å². The molecular weight excluding hydrogens is 241 g/mol. The van der Waals surface area contributed by atoms with E-state index in [-0.39, 0.29) is 6.54 Å². The fourth-order valence-electron chi connectivity index (χ4n) is 1.10. The molecule has 1 rings (SSSR count). The summed E-state index contributed by atoms with van der Waals surface area (Å²) in [6, 6.07) is 8.22. The zero-order valence-corrected chi connectivity index (χ0v) is 8.93. The molecule has 0 bridgehead atoms. The lowest BCUT2D eigenvalue weighted by Gasteiger charge is -2.19. The van der Waals surface area contributed by atoms with E-state index in [1.54, 1.807) is 30.3 Å². The third kappa shape index (κ3) is 3.25. The first-order chi connectivity index (χ1) is 7.75. The highest BCUT2D eigenvalue weighted by Gasteiger charge is 2.59. The van der Waals surface area contributed by atoms with Crippen molar-refractivity contribution in [2.75, 3.05) is 0 Å². The molecule has 1 aromatic carbocycles. The normalized spacial score (nSPS) is 13.9. The van der Waals surface area contributed by atoms with E-state index in [2.05, 4.69) is 4.99 Å². The fourth-order valence-corrected chi connectivity index (χ4v) is 1.10. The maximum absolute atomic E-state index is 12.8. The molecule has 0 saturated heterocycles. The molecule has 0 spiro atoms. The third-order valence-electron chi connectivity index (χ3n) is 2.15. The number of aliphatic imine (C=N–C) groups is 1. The molecule has 6 heteroatoms. The largest absolute Gasteiger partial charge is 0.459 e. The van der Waals surface area contributed by atoms with Gasteiger partial charge in [-0.05, 0) is 12.5 Å². The highest BCUT2D eigenvalue weighted by molar-refractivity contribution is 5.89. The SMILES string of the molecule is C/C(=N\Cc1ccccc1)C(F)(F)C(F)(F)F. The summed E-state index contributed by atoms with van der Waals surface area (Å²) in [6.07, 6.45) is -5.60. The van der Waals surface area contributed by atoms with Crippen molar-refractivity contribution in [2.45, 2.75) is 25.6 Å². The summed E-state index contributed by atoms with van der Waals surface area (Å²) < 4.78 is 61.5. The minimum atomic E-state index is -5.60. The lowest BCUT2D eigenvalue weighted by molar-refractivity contribution is -0.249. The van der Waals surface area contributed by atoms with Gasteiger partial charge < -0.3 is 0 Å². The standard InChI is InChI=1S/C11H10F5N/c1-8(10(12,13)11(14,15)16)17-7-9-5-3-2-4-6-9/h2-6H,7H2,1H3/b17-8+. The van der Waals surface area contributed by atoms with Crippen molar-refractivity contribution in [3.05, 3.63) is 35.9 Å². The Labute approximate surface area is 95.0 Å². The van der Waals surface area contributed by atoms with Gasteiger partial charge in [0.25, 0.3) is 0 Å². The van der Waals surface area contributed by atoms with E-state index in [1.165, 1.54) is 0 Å². The lowest BCUT2D eigenvalue weighted by atomic mass is 10.2. The van der Waals surface area contributed by atoms with Gasteiger partial charge in [-0.3, -0.25) is 4.99 Å². The van der Waals surface area contributed by atoms with Crippen LogP contribution in [0.2, 0.25) is 0 Å². The molecule has 0 N–H and O–H groups in total. The van der Waals surface area contributed by atoms with E-state index in [1.807, 2.05) is 0 Å². The van der Waals surface area contributed by atoms with Crippen molar-refractivity contribution in [1.29, 1.82) is 0 Å². The monoisotopic (exact) mass is 251 g/mol. The number of halogens is 5. The van der Waals surface area contributed by atoms with Crippen LogP contribution in [0.5, 0.6) is 0 Å². The number of hydrogen-bond acceptors (Lipinski definition) is 1. The van der Waals surface area contributed by atoms with E-state index in [4.69, 9.17) is 0 Å². The van der Waals surface area contributed by atoms with Crippen LogP contribution in [0, 0.1) is 0 Å². The predicted molar refractivity (Wildman–Crippen MR) is 54.3 cm³/mol. The van der Waals surface area contributed by atoms with Crippen molar-refractivity contribution in [2.24, 2.45) is 4.99 Å². The van der Waals surface area contributed by atoms with Gasteiger partial charge in [-0.2, -0.15) is 22.0 Å². The number of hydrogen-bond donors (Lipinski definition) is 0. The Morgan fingerprint density at radius 3 is 2.06 bits per heavy atom. The fraction of sp³-hybridized carbons (Fsp3) is 0.364. The van der Waals surface area contributed by atoms with Crippen LogP contribution in [0.4, 0.5) is 22.0 Å². The maximum Gasteiger partial charge on any atom is 0.459 e. The average Bonchev–Trinajstić information content (AvgIpc) is 2.25. The Balaban J connectivity index is 2.80. The van der Waals surface area contributed by atoms with Crippen LogP contribution in [0.1, 0.15) is 12.5 Å². The first kappa shape index (κ1) is 13.6. The quantitative estimate of drug-likeness (QED) is 0.571. The topological polar surface area (TPSA) is 12.4 Å². The summed E-state index contributed by atoms with van der Waals surface area (Å²) >= 11 is 0. The molecule has 0 unspecified atom stereocenters. The summed E-state index contributed by atoms with van der Waals surface area (Å²) in [5.74, 6) is -4.87. The second kappa shape index (κ2) is 4.81. The van der Waals surface area contributed by atoms with Crippen LogP contribution < -0.4 is 0 Å². The smallest absolute Gasteiger partial charge is 0.283 e. The maximum atomic E-state index is 12.8. The Hall–Kier alpha value is -1.46. The van der Waals surface area contributed by atoms with Crippen LogP contribution >= 0.6 is 0 Å². The Morgan fingerprint density at radius 2 is 1.59 bits per heavy atom. The lowest BCUT2D eigenvalue weighted by Crippen LogP contribution is -2.42. The number of alkyl halides is 5. The van der Waals surface area contributed by atoms with Gasteiger partial charge in [0.15, 0.2) is 0 Å². The van der Waals surface area contributed by atoms with Gasteiger partial charge >= 0.3 is 12.1 Å². The molecule has 0 aliphatic rings. The second-order valence-electron chi connectivity index (χ2n) is 3.46. The minimum absolute atomic E-state index is 0.196. The molecule has 0 aliphatic heterocycles. The van der Waals surface area contributed by atoms with Crippen molar-refractivity contribution in [3.8, 4) is 0 Å². The first-order valence-electron chi connectivity index (χ1n) is 4.75. The molecule has 0 aliphatic carbocycles. The van der Waals surface area contributed by atoms with Crippen molar-refractivity contribution in [3.63, 3.8) is 0 Å². The van der Waals surface area contributed by atoms with Crippen molar-refractivity contribution >= 4 is 5.71 Å². The zero-order chi connectivity index (χ0) is 13.1. The van der Waals surface area contributed by atoms with Gasteiger partial charge in [-0.15, -0.1) is 0 Å². The van der Waals surface area contributed by atoms with E-state index >= 15 is 0 Å². The third-order valence-corrected chi connectivity index (χ3v) is 2.15. The van der Waals surface area contributed by atoms with E-state index in [0.717, 1.165) is 0 Å². The van der Waals surface area contributed by atoms with Gasteiger partial charge in [0.2, 0.25) is 0 Å². The van der Waals surface area contributed by atoms with E-state index < -0.39 is 17.8 Å². The first-order valence-corrected chi connectivity index (χ1v) is 4.75. The summed E-state index contributed by atoms with van der Waals surface area (Å²) in [6.45, 7) is 0.481. The zero-order valence-electron chi connectivity index (χ0n) is 8.93. The van der Waals surface area contributed by atoms with Crippen LogP contribution in [0.15, 0.2) is 35.3 Å². The molecule has 1 nitrogen and oxygen atoms in total. The molecule has 0 radical (unpaired) electrons. The van der Waals surface area contributed by atoms with Gasteiger partial charge in [-0.1, -0.05) is 30.3 Å². The van der Waals surface area contributed by atoms with Gasteiger partial charge in [-0.25, -0.2) is 0 Å². The molecule has 94 valence electrons. The number of rotatable bonds is 3. The summed E-state index contributed by atoms with van der Waals surface area (Å²) in [7, 11) is 0. The van der Waals surface area contributed by atoms with Crippen LogP contribution in [0.3, 0.4) is 0 Å². The molecular formula is C11H10F5N. The van der Waals surface area contributed by atoms with Crippen molar-refractivity contribution < 1.29 is 22.0 Å². The van der Waals surface area contributed by atoms with Crippen molar-refractivity contribution in [1.82, 2.24) is 0 Å². The molecule has 17 heavy (non-hydrogen) atoms. The summed E-state index contributed by atoms with van der Waals surface area (Å²) in [5, 5.41) is 0. The molecule has 0 heterocycles. The van der Waals surface area contributed by atoms with Gasteiger partial charge in [0, 0.05) is 0 Å². The number of nitrogens with zero attached hydrogens (tertiary/aromatic N) is 1. The Kier molecular flexibility index (Phi) is 3.85. The Bertz CT molecular complexity index is 394. The van der Waals surface area contributed by atoms with Gasteiger partial charge in [0.1, 0.15) is 0 Å². The molecule has 0 fully saturated rings. The molecule has 1 aromatic rings. The molecule has 0 atom stereocenters. The number of benzene rings is 1. The summed E-state index contributed by atoms with van der Waals surface area (Å²) in [5.41, 5.74) is -0.654. The highest BCUT2D eigenvalue weighted by Crippen LogP contribution is 2.36. The van der Waals surface area contributed by atoms with Crippen LogP contribution in [-0.4, -0.2) is 17.8 Å². The summed E-state index contributed by atoms with van der Waals surface area (Å²) in [4.78, 5) is 3.28. The van der Waals surface area contributed by atoms with Crippen LogP contribution in [-0.2, 0) is 6.54 Å². The Morgan fingerprint density at radius 1 is 1.06 bits per heavy atom. The van der Waals surface area contributed by atoms with E-state index in [0.29, 0.717) is 12.5 Å². The average molecular weight is 251 g/mol. The predicted octanol–water partition coefficient (Wildman–Crippen LogP) is 3.85. The van der Waals surface area contributed by atoms with E-state index in [9.17, 15) is 22.0 Å². The minimum Gasteiger partial charge on any atom is -0.283 e. The molecule has 0 aromatic heterocycles.